The third-order valence-electron chi connectivity index (χ3n) is 6.82. The van der Waals surface area contributed by atoms with Gasteiger partial charge in [-0.3, -0.25) is 14.5 Å². The minimum atomic E-state index is -0.524. The summed E-state index contributed by atoms with van der Waals surface area (Å²) in [5, 5.41) is 9.51. The third-order valence-corrected chi connectivity index (χ3v) is 6.82. The van der Waals surface area contributed by atoms with Crippen LogP contribution in [0, 0.1) is 0 Å². The molecular weight excluding hydrogens is 434 g/mol. The number of fused-ring (bicyclic) bond motifs is 1. The lowest BCUT2D eigenvalue weighted by Crippen LogP contribution is -2.46. The van der Waals surface area contributed by atoms with Crippen molar-refractivity contribution in [3.63, 3.8) is 0 Å². The van der Waals surface area contributed by atoms with Gasteiger partial charge in [0, 0.05) is 32.8 Å². The van der Waals surface area contributed by atoms with Crippen LogP contribution in [0.2, 0.25) is 0 Å². The summed E-state index contributed by atoms with van der Waals surface area (Å²) in [4.78, 5) is 33.3. The van der Waals surface area contributed by atoms with Gasteiger partial charge in [-0.15, -0.1) is 0 Å². The number of hydrogen-bond acceptors (Lipinski definition) is 7. The monoisotopic (exact) mass is 467 g/mol. The molecule has 2 aromatic rings. The van der Waals surface area contributed by atoms with Crippen LogP contribution in [0.3, 0.4) is 0 Å². The number of ether oxygens (including phenoxy) is 2. The number of aliphatic hydroxyl groups is 1. The van der Waals surface area contributed by atoms with Crippen molar-refractivity contribution < 1.29 is 24.2 Å². The third kappa shape index (κ3) is 4.35. The smallest absolute Gasteiger partial charge is 0.264 e. The predicted molar refractivity (Wildman–Crippen MR) is 130 cm³/mol. The Labute approximate surface area is 200 Å². The number of hydrogen-bond donors (Lipinski definition) is 1. The van der Waals surface area contributed by atoms with E-state index in [2.05, 4.69) is 16.7 Å². The van der Waals surface area contributed by atoms with E-state index in [0.29, 0.717) is 35.5 Å². The molecule has 1 N–H and O–H groups in total. The number of carbonyl (C=O) groups is 2. The first-order valence-corrected chi connectivity index (χ1v) is 11.8. The highest BCUT2D eigenvalue weighted by atomic mass is 16.5. The van der Waals surface area contributed by atoms with Gasteiger partial charge in [0.2, 0.25) is 0 Å². The van der Waals surface area contributed by atoms with Crippen molar-refractivity contribution in [1.82, 2.24) is 9.80 Å². The van der Waals surface area contributed by atoms with Crippen molar-refractivity contribution in [2.24, 2.45) is 0 Å². The number of benzene rings is 2. The van der Waals surface area contributed by atoms with Crippen LogP contribution >= 0.6 is 0 Å². The first kappa shape index (κ1) is 24.0. The predicted octanol–water partition coefficient (Wildman–Crippen LogP) is 2.96. The summed E-state index contributed by atoms with van der Waals surface area (Å²) in [7, 11) is 3.11. The lowest BCUT2D eigenvalue weighted by Gasteiger charge is -2.36. The van der Waals surface area contributed by atoms with Gasteiger partial charge in [-0.25, -0.2) is 0 Å². The molecule has 2 aromatic carbocycles. The zero-order valence-corrected chi connectivity index (χ0v) is 20.1. The Morgan fingerprint density at radius 3 is 2.35 bits per heavy atom. The Hall–Kier alpha value is -3.10. The van der Waals surface area contributed by atoms with Gasteiger partial charge in [0.15, 0.2) is 11.5 Å². The first-order chi connectivity index (χ1) is 16.5. The molecule has 0 bridgehead atoms. The van der Waals surface area contributed by atoms with Crippen molar-refractivity contribution in [1.29, 1.82) is 0 Å². The minimum Gasteiger partial charge on any atom is -0.493 e. The maximum atomic E-state index is 13.8. The molecule has 0 radical (unpaired) electrons. The minimum absolute atomic E-state index is 0.0279. The van der Waals surface area contributed by atoms with Gasteiger partial charge < -0.3 is 24.4 Å². The van der Waals surface area contributed by atoms with Gasteiger partial charge in [0.05, 0.1) is 37.1 Å². The molecule has 182 valence electrons. The van der Waals surface area contributed by atoms with Gasteiger partial charge in [0.25, 0.3) is 11.8 Å². The largest absolute Gasteiger partial charge is 0.493 e. The van der Waals surface area contributed by atoms with Crippen LogP contribution in [-0.4, -0.2) is 80.3 Å². The number of nitrogens with zero attached hydrogens (tertiary/aromatic N) is 3. The van der Waals surface area contributed by atoms with Crippen LogP contribution in [-0.2, 0) is 0 Å². The van der Waals surface area contributed by atoms with E-state index in [-0.39, 0.29) is 18.4 Å². The lowest BCUT2D eigenvalue weighted by molar-refractivity contribution is 0.0567. The molecule has 1 atom stereocenters. The Morgan fingerprint density at radius 1 is 0.971 bits per heavy atom. The lowest BCUT2D eigenvalue weighted by atomic mass is 9.99. The molecule has 2 amide bonds. The molecule has 1 saturated heterocycles. The highest BCUT2D eigenvalue weighted by molar-refractivity contribution is 6.24. The number of piperazine rings is 1. The topological polar surface area (TPSA) is 82.6 Å². The Bertz CT molecular complexity index is 1050. The summed E-state index contributed by atoms with van der Waals surface area (Å²) >= 11 is 0. The van der Waals surface area contributed by atoms with Crippen molar-refractivity contribution in [3.05, 3.63) is 53.1 Å². The average molecular weight is 468 g/mol. The Morgan fingerprint density at radius 2 is 1.71 bits per heavy atom. The number of aliphatic hydroxyl groups excluding tert-OH is 1. The van der Waals surface area contributed by atoms with E-state index >= 15 is 0 Å². The quantitative estimate of drug-likeness (QED) is 0.568. The molecule has 34 heavy (non-hydrogen) atoms. The number of amides is 2. The summed E-state index contributed by atoms with van der Waals surface area (Å²) in [6.45, 7) is 6.61. The van der Waals surface area contributed by atoms with Gasteiger partial charge in [0.1, 0.15) is 0 Å². The molecule has 8 heteroatoms. The summed E-state index contributed by atoms with van der Waals surface area (Å²) in [5.41, 5.74) is 2.50. The number of likely N-dealkylation sites (N-methyl/N-ethyl adjacent to an activating group) is 1. The van der Waals surface area contributed by atoms with E-state index in [4.69, 9.17) is 9.47 Å². The molecule has 0 aromatic heterocycles. The molecule has 0 saturated carbocycles. The molecule has 0 spiro atoms. The summed E-state index contributed by atoms with van der Waals surface area (Å²) in [6, 6.07) is 10.4. The number of rotatable bonds is 9. The van der Waals surface area contributed by atoms with E-state index in [1.165, 1.54) is 4.90 Å². The van der Waals surface area contributed by atoms with Crippen LogP contribution in [0.25, 0.3) is 0 Å². The van der Waals surface area contributed by atoms with Crippen LogP contribution < -0.4 is 14.4 Å². The normalized spacial score (nSPS) is 17.2. The summed E-state index contributed by atoms with van der Waals surface area (Å²) in [5.74, 6) is 0.515. The summed E-state index contributed by atoms with van der Waals surface area (Å²) < 4.78 is 10.8. The maximum absolute atomic E-state index is 13.8. The second kappa shape index (κ2) is 10.4. The van der Waals surface area contributed by atoms with Gasteiger partial charge in [-0.2, -0.15) is 0 Å². The van der Waals surface area contributed by atoms with Gasteiger partial charge in [-0.1, -0.05) is 19.1 Å². The fourth-order valence-electron chi connectivity index (χ4n) is 4.93. The number of carbonyl (C=O) groups excluding carboxylic acids is 2. The van der Waals surface area contributed by atoms with Crippen LogP contribution in [0.5, 0.6) is 11.5 Å². The Balaban J connectivity index is 1.70. The van der Waals surface area contributed by atoms with Crippen molar-refractivity contribution in [3.8, 4) is 11.5 Å². The van der Waals surface area contributed by atoms with Crippen molar-refractivity contribution in [2.75, 3.05) is 58.5 Å². The van der Waals surface area contributed by atoms with Gasteiger partial charge in [-0.05, 0) is 49.2 Å². The molecule has 4 rings (SSSR count). The van der Waals surface area contributed by atoms with Gasteiger partial charge >= 0.3 is 0 Å². The van der Waals surface area contributed by atoms with Crippen molar-refractivity contribution in [2.45, 2.75) is 25.8 Å². The fourth-order valence-corrected chi connectivity index (χ4v) is 4.93. The highest BCUT2D eigenvalue weighted by Gasteiger charge is 2.43. The molecule has 0 aliphatic carbocycles. The fraction of sp³-hybridized carbons (Fsp3) is 0.462. The molecule has 0 unspecified atom stereocenters. The molecule has 2 heterocycles. The van der Waals surface area contributed by atoms with Crippen molar-refractivity contribution >= 4 is 17.5 Å². The average Bonchev–Trinajstić information content (AvgIpc) is 3.14. The SMILES string of the molecule is CCN1CCN(c2cccc3c2C(=O)N([C@H](CCCO)c2ccc(OC)c(OC)c2)C3=O)CC1. The number of methoxy groups -OCH3 is 2. The molecule has 2 aliphatic rings. The second-order valence-electron chi connectivity index (χ2n) is 8.60. The molecule has 1 fully saturated rings. The zero-order chi connectivity index (χ0) is 24.2. The van der Waals surface area contributed by atoms with Crippen LogP contribution in [0.1, 0.15) is 52.1 Å². The Kier molecular flexibility index (Phi) is 7.38. The number of imide groups is 1. The van der Waals surface area contributed by atoms with Crippen LogP contribution in [0.15, 0.2) is 36.4 Å². The van der Waals surface area contributed by atoms with E-state index in [1.807, 2.05) is 18.2 Å². The zero-order valence-electron chi connectivity index (χ0n) is 20.1. The number of anilines is 1. The molecule has 2 aliphatic heterocycles. The summed E-state index contributed by atoms with van der Waals surface area (Å²) in [6.07, 6.45) is 0.903. The van der Waals surface area contributed by atoms with Crippen LogP contribution in [0.4, 0.5) is 5.69 Å². The van der Waals surface area contributed by atoms with E-state index < -0.39 is 6.04 Å². The van der Waals surface area contributed by atoms with E-state index in [1.54, 1.807) is 32.4 Å². The maximum Gasteiger partial charge on any atom is 0.264 e. The standard InChI is InChI=1S/C26H33N3O5/c1-4-27-12-14-28(15-13-27)21-8-5-7-19-24(21)26(32)29(25(19)31)20(9-6-16-30)18-10-11-22(33-2)23(17-18)34-3/h5,7-8,10-11,17,20,30H,4,6,9,12-16H2,1-3H3/t20-/m1/s1. The highest BCUT2D eigenvalue weighted by Crippen LogP contribution is 2.40. The van der Waals surface area contributed by atoms with E-state index in [0.717, 1.165) is 44.0 Å². The van der Waals surface area contributed by atoms with E-state index in [9.17, 15) is 14.7 Å². The first-order valence-electron chi connectivity index (χ1n) is 11.8. The molecular formula is C26H33N3O5. The second-order valence-corrected chi connectivity index (χ2v) is 8.60. The molecule has 8 nitrogen and oxygen atoms in total.